The average molecular weight is 369 g/mol. The normalized spacial score (nSPS) is 11.8. The van der Waals surface area contributed by atoms with E-state index < -0.39 is 6.04 Å². The summed E-state index contributed by atoms with van der Waals surface area (Å²) in [4.78, 5) is 12.1. The smallest absolute Gasteiger partial charge is 0.332 e. The summed E-state index contributed by atoms with van der Waals surface area (Å²) in [5, 5.41) is 3.69. The first-order valence-corrected chi connectivity index (χ1v) is 7.55. The zero-order valence-electron chi connectivity index (χ0n) is 11.7. The van der Waals surface area contributed by atoms with Gasteiger partial charge < -0.3 is 10.1 Å². The van der Waals surface area contributed by atoms with E-state index in [0.717, 1.165) is 15.6 Å². The van der Waals surface area contributed by atoms with Crippen molar-refractivity contribution in [3.05, 3.63) is 63.1 Å². The molecule has 3 nitrogen and oxygen atoms in total. The molecule has 0 aliphatic carbocycles. The number of aryl methyl sites for hydroxylation is 1. The van der Waals surface area contributed by atoms with Crippen molar-refractivity contribution in [1.82, 2.24) is 0 Å². The Balaban J connectivity index is 2.37. The van der Waals surface area contributed by atoms with Gasteiger partial charge in [-0.2, -0.15) is 0 Å². The molecule has 0 saturated heterocycles. The molecule has 21 heavy (non-hydrogen) atoms. The third kappa shape index (κ3) is 3.77. The third-order valence-corrected chi connectivity index (χ3v) is 4.32. The average Bonchev–Trinajstić information content (AvgIpc) is 2.48. The van der Waals surface area contributed by atoms with Gasteiger partial charge >= 0.3 is 5.97 Å². The van der Waals surface area contributed by atoms with E-state index in [1.54, 1.807) is 6.07 Å². The molecular formula is C16H15BrClNO2. The first-order chi connectivity index (χ1) is 10.0. The first-order valence-electron chi connectivity index (χ1n) is 6.38. The third-order valence-electron chi connectivity index (χ3n) is 3.14. The molecule has 0 spiro atoms. The zero-order valence-corrected chi connectivity index (χ0v) is 14.0. The van der Waals surface area contributed by atoms with Gasteiger partial charge in [-0.1, -0.05) is 51.8 Å². The van der Waals surface area contributed by atoms with E-state index in [1.807, 2.05) is 43.3 Å². The lowest BCUT2D eigenvalue weighted by molar-refractivity contribution is -0.141. The minimum atomic E-state index is -0.619. The van der Waals surface area contributed by atoms with E-state index in [1.165, 1.54) is 7.11 Å². The number of anilines is 1. The van der Waals surface area contributed by atoms with Crippen LogP contribution in [-0.2, 0) is 9.53 Å². The quantitative estimate of drug-likeness (QED) is 0.792. The second kappa shape index (κ2) is 6.96. The number of carbonyl (C=O) groups excluding carboxylic acids is 1. The minimum Gasteiger partial charge on any atom is -0.467 e. The lowest BCUT2D eigenvalue weighted by Crippen LogP contribution is -2.22. The fraction of sp³-hybridized carbons (Fsp3) is 0.188. The molecule has 0 saturated carbocycles. The summed E-state index contributed by atoms with van der Waals surface area (Å²) >= 11 is 9.62. The van der Waals surface area contributed by atoms with Gasteiger partial charge in [-0.3, -0.25) is 0 Å². The van der Waals surface area contributed by atoms with Crippen LogP contribution in [0, 0.1) is 6.92 Å². The summed E-state index contributed by atoms with van der Waals surface area (Å²) in [6, 6.07) is 12.4. The van der Waals surface area contributed by atoms with Gasteiger partial charge in [0.25, 0.3) is 0 Å². The van der Waals surface area contributed by atoms with Gasteiger partial charge in [-0.05, 0) is 36.2 Å². The summed E-state index contributed by atoms with van der Waals surface area (Å²) < 4.78 is 5.83. The van der Waals surface area contributed by atoms with Crippen LogP contribution in [0.5, 0.6) is 0 Å². The van der Waals surface area contributed by atoms with Crippen molar-refractivity contribution >= 4 is 39.2 Å². The summed E-state index contributed by atoms with van der Waals surface area (Å²) in [7, 11) is 1.37. The van der Waals surface area contributed by atoms with Crippen LogP contribution < -0.4 is 5.32 Å². The number of para-hydroxylation sites is 1. The fourth-order valence-electron chi connectivity index (χ4n) is 1.92. The van der Waals surface area contributed by atoms with E-state index >= 15 is 0 Å². The Kier molecular flexibility index (Phi) is 5.26. The number of esters is 1. The van der Waals surface area contributed by atoms with Crippen LogP contribution in [0.4, 0.5) is 5.69 Å². The molecule has 5 heteroatoms. The van der Waals surface area contributed by atoms with Gasteiger partial charge in [0.15, 0.2) is 6.04 Å². The molecule has 0 aromatic heterocycles. The highest BCUT2D eigenvalue weighted by Crippen LogP contribution is 2.29. The first kappa shape index (κ1) is 15.9. The van der Waals surface area contributed by atoms with E-state index in [2.05, 4.69) is 21.2 Å². The SMILES string of the molecule is COC(=O)C(Nc1ccccc1Cl)c1ccc(C)c(Br)c1. The number of rotatable bonds is 4. The number of nitrogens with one attached hydrogen (secondary N) is 1. The van der Waals surface area contributed by atoms with Crippen LogP contribution in [0.3, 0.4) is 0 Å². The number of ether oxygens (including phenoxy) is 1. The van der Waals surface area contributed by atoms with Gasteiger partial charge in [0, 0.05) is 4.47 Å². The highest BCUT2D eigenvalue weighted by Gasteiger charge is 2.22. The monoisotopic (exact) mass is 367 g/mol. The van der Waals surface area contributed by atoms with E-state index in [9.17, 15) is 4.79 Å². The predicted octanol–water partition coefficient (Wildman–Crippen LogP) is 4.74. The van der Waals surface area contributed by atoms with Gasteiger partial charge in [0.1, 0.15) is 0 Å². The van der Waals surface area contributed by atoms with Gasteiger partial charge in [0.2, 0.25) is 0 Å². The lowest BCUT2D eigenvalue weighted by Gasteiger charge is -2.19. The van der Waals surface area contributed by atoms with Crippen molar-refractivity contribution in [2.75, 3.05) is 12.4 Å². The second-order valence-corrected chi connectivity index (χ2v) is 5.85. The van der Waals surface area contributed by atoms with E-state index in [-0.39, 0.29) is 5.97 Å². The summed E-state index contributed by atoms with van der Waals surface area (Å²) in [6.07, 6.45) is 0. The highest BCUT2D eigenvalue weighted by molar-refractivity contribution is 9.10. The van der Waals surface area contributed by atoms with Crippen molar-refractivity contribution in [3.8, 4) is 0 Å². The van der Waals surface area contributed by atoms with Gasteiger partial charge in [-0.15, -0.1) is 0 Å². The Morgan fingerprint density at radius 1 is 1.29 bits per heavy atom. The number of hydrogen-bond donors (Lipinski definition) is 1. The molecule has 0 heterocycles. The largest absolute Gasteiger partial charge is 0.467 e. The van der Waals surface area contributed by atoms with Crippen LogP contribution >= 0.6 is 27.5 Å². The molecule has 110 valence electrons. The molecule has 0 aliphatic rings. The number of benzene rings is 2. The molecule has 2 aromatic carbocycles. The number of halogens is 2. The van der Waals surface area contributed by atoms with E-state index in [4.69, 9.17) is 16.3 Å². The van der Waals surface area contributed by atoms with Crippen molar-refractivity contribution in [2.45, 2.75) is 13.0 Å². The molecule has 0 aliphatic heterocycles. The molecule has 0 radical (unpaired) electrons. The standard InChI is InChI=1S/C16H15BrClNO2/c1-10-7-8-11(9-12(10)17)15(16(20)21-2)19-14-6-4-3-5-13(14)18/h3-9,15,19H,1-2H3. The highest BCUT2D eigenvalue weighted by atomic mass is 79.9. The Morgan fingerprint density at radius 2 is 2.00 bits per heavy atom. The molecule has 0 amide bonds. The minimum absolute atomic E-state index is 0.370. The molecule has 2 aromatic rings. The van der Waals surface area contributed by atoms with Crippen molar-refractivity contribution in [2.24, 2.45) is 0 Å². The van der Waals surface area contributed by atoms with Gasteiger partial charge in [-0.25, -0.2) is 4.79 Å². The van der Waals surface area contributed by atoms with Crippen LogP contribution in [0.1, 0.15) is 17.2 Å². The molecular weight excluding hydrogens is 354 g/mol. The van der Waals surface area contributed by atoms with Crippen LogP contribution in [0.25, 0.3) is 0 Å². The maximum atomic E-state index is 12.1. The number of hydrogen-bond acceptors (Lipinski definition) is 3. The molecule has 1 N–H and O–H groups in total. The predicted molar refractivity (Wildman–Crippen MR) is 88.7 cm³/mol. The summed E-state index contributed by atoms with van der Waals surface area (Å²) in [5.41, 5.74) is 2.59. The van der Waals surface area contributed by atoms with Crippen molar-refractivity contribution in [3.63, 3.8) is 0 Å². The van der Waals surface area contributed by atoms with E-state index in [0.29, 0.717) is 10.7 Å². The van der Waals surface area contributed by atoms with Gasteiger partial charge in [0.05, 0.1) is 17.8 Å². The topological polar surface area (TPSA) is 38.3 Å². The number of methoxy groups -OCH3 is 1. The Morgan fingerprint density at radius 3 is 2.62 bits per heavy atom. The van der Waals surface area contributed by atoms with Crippen LogP contribution in [-0.4, -0.2) is 13.1 Å². The van der Waals surface area contributed by atoms with Crippen molar-refractivity contribution < 1.29 is 9.53 Å². The Hall–Kier alpha value is -1.52. The molecule has 0 fully saturated rings. The lowest BCUT2D eigenvalue weighted by atomic mass is 10.0. The molecule has 2 rings (SSSR count). The van der Waals surface area contributed by atoms with Crippen LogP contribution in [0.15, 0.2) is 46.9 Å². The second-order valence-electron chi connectivity index (χ2n) is 4.59. The maximum absolute atomic E-state index is 12.1. The Bertz CT molecular complexity index is 660. The molecule has 1 atom stereocenters. The van der Waals surface area contributed by atoms with Crippen molar-refractivity contribution in [1.29, 1.82) is 0 Å². The van der Waals surface area contributed by atoms with Crippen LogP contribution in [0.2, 0.25) is 5.02 Å². The Labute approximate surface area is 137 Å². The molecule has 1 unspecified atom stereocenters. The number of carbonyl (C=O) groups is 1. The summed E-state index contributed by atoms with van der Waals surface area (Å²) in [6.45, 7) is 1.99. The zero-order chi connectivity index (χ0) is 15.4. The summed E-state index contributed by atoms with van der Waals surface area (Å²) in [5.74, 6) is -0.370. The molecule has 0 bridgehead atoms. The fourth-order valence-corrected chi connectivity index (χ4v) is 2.51. The maximum Gasteiger partial charge on any atom is 0.332 e.